The number of thiophene rings is 1. The number of aryl methyl sites for hydroxylation is 3. The molecule has 0 radical (unpaired) electrons. The Morgan fingerprint density at radius 2 is 1.70 bits per heavy atom. The number of fused-ring (bicyclic) bond motifs is 1. The van der Waals surface area contributed by atoms with Gasteiger partial charge in [0.15, 0.2) is 0 Å². The van der Waals surface area contributed by atoms with E-state index in [-0.39, 0.29) is 23.1 Å². The minimum Gasteiger partial charge on any atom is -0.273 e. The van der Waals surface area contributed by atoms with Crippen molar-refractivity contribution in [1.82, 2.24) is 15.6 Å². The van der Waals surface area contributed by atoms with Gasteiger partial charge in [-0.1, -0.05) is 25.0 Å². The molecule has 9 heteroatoms. The lowest BCUT2D eigenvalue weighted by molar-refractivity contribution is -0.121. The van der Waals surface area contributed by atoms with Crippen molar-refractivity contribution in [2.24, 2.45) is 0 Å². The molecule has 0 atom stereocenters. The van der Waals surface area contributed by atoms with Gasteiger partial charge in [-0.15, -0.1) is 11.3 Å². The first kappa shape index (κ1) is 22.5. The first-order valence-corrected chi connectivity index (χ1v) is 12.4. The lowest BCUT2D eigenvalue weighted by Crippen LogP contribution is -2.41. The zero-order valence-electron chi connectivity index (χ0n) is 17.0. The molecule has 1 aliphatic rings. The largest absolute Gasteiger partial charge is 0.279 e. The lowest BCUT2D eigenvalue weighted by atomic mass is 10.00. The summed E-state index contributed by atoms with van der Waals surface area (Å²) in [5, 5.41) is 0. The van der Waals surface area contributed by atoms with Gasteiger partial charge in [0.05, 0.1) is 9.77 Å². The molecule has 1 aliphatic carbocycles. The van der Waals surface area contributed by atoms with Gasteiger partial charge < -0.3 is 0 Å². The molecule has 0 saturated heterocycles. The molecule has 0 fully saturated rings. The Labute approximate surface area is 181 Å². The van der Waals surface area contributed by atoms with Gasteiger partial charge in [0.1, 0.15) is 0 Å². The number of amides is 2. The van der Waals surface area contributed by atoms with Gasteiger partial charge in [-0.05, 0) is 68.5 Å². The second-order valence-electron chi connectivity index (χ2n) is 7.33. The van der Waals surface area contributed by atoms with Crippen LogP contribution in [0.25, 0.3) is 0 Å². The molecular weight excluding hydrogens is 422 g/mol. The zero-order valence-corrected chi connectivity index (χ0v) is 18.6. The number of hydrazine groups is 1. The van der Waals surface area contributed by atoms with E-state index in [0.717, 1.165) is 31.2 Å². The van der Waals surface area contributed by atoms with E-state index >= 15 is 0 Å². The number of sulfonamides is 1. The maximum atomic E-state index is 12.4. The molecule has 1 aromatic carbocycles. The van der Waals surface area contributed by atoms with Crippen molar-refractivity contribution in [3.63, 3.8) is 0 Å². The van der Waals surface area contributed by atoms with Crippen molar-refractivity contribution in [3.8, 4) is 0 Å². The Balaban J connectivity index is 1.47. The average Bonchev–Trinajstić information content (AvgIpc) is 3.12. The topological polar surface area (TPSA) is 104 Å². The van der Waals surface area contributed by atoms with E-state index in [1.807, 2.05) is 6.07 Å². The van der Waals surface area contributed by atoms with Gasteiger partial charge >= 0.3 is 0 Å². The molecule has 0 unspecified atom stereocenters. The Hall–Kier alpha value is -2.23. The van der Waals surface area contributed by atoms with E-state index in [4.69, 9.17) is 0 Å². The number of hydrogen-bond acceptors (Lipinski definition) is 5. The summed E-state index contributed by atoms with van der Waals surface area (Å²) in [6.45, 7) is 0. The van der Waals surface area contributed by atoms with Crippen molar-refractivity contribution >= 4 is 33.2 Å². The third kappa shape index (κ3) is 5.90. The van der Waals surface area contributed by atoms with Crippen LogP contribution >= 0.6 is 11.3 Å². The van der Waals surface area contributed by atoms with E-state index in [1.54, 1.807) is 12.1 Å². The number of rotatable bonds is 6. The van der Waals surface area contributed by atoms with Crippen molar-refractivity contribution in [3.05, 3.63) is 51.2 Å². The van der Waals surface area contributed by atoms with Gasteiger partial charge in [0.25, 0.3) is 5.91 Å². The van der Waals surface area contributed by atoms with Crippen molar-refractivity contribution in [2.45, 2.75) is 56.3 Å². The van der Waals surface area contributed by atoms with E-state index in [9.17, 15) is 18.0 Å². The Kier molecular flexibility index (Phi) is 7.63. The molecule has 0 aliphatic heterocycles. The second-order valence-corrected chi connectivity index (χ2v) is 10.4. The molecule has 0 bridgehead atoms. The van der Waals surface area contributed by atoms with Gasteiger partial charge in [-0.25, -0.2) is 13.1 Å². The van der Waals surface area contributed by atoms with Crippen LogP contribution in [0.3, 0.4) is 0 Å². The van der Waals surface area contributed by atoms with Crippen LogP contribution in [0, 0.1) is 0 Å². The molecule has 2 amide bonds. The van der Waals surface area contributed by atoms with Gasteiger partial charge in [-0.3, -0.25) is 20.4 Å². The van der Waals surface area contributed by atoms with Gasteiger partial charge in [0.2, 0.25) is 15.9 Å². The quantitative estimate of drug-likeness (QED) is 0.590. The summed E-state index contributed by atoms with van der Waals surface area (Å²) in [4.78, 5) is 26.6. The van der Waals surface area contributed by atoms with Crippen molar-refractivity contribution in [2.75, 3.05) is 7.05 Å². The molecule has 3 rings (SSSR count). The highest BCUT2D eigenvalue weighted by atomic mass is 32.2. The first-order valence-electron chi connectivity index (χ1n) is 10.1. The van der Waals surface area contributed by atoms with Crippen LogP contribution in [0.15, 0.2) is 35.2 Å². The minimum atomic E-state index is -3.47. The number of hydrogen-bond donors (Lipinski definition) is 3. The molecule has 0 spiro atoms. The smallest absolute Gasteiger partial charge is 0.273 e. The van der Waals surface area contributed by atoms with Crippen LogP contribution in [0.2, 0.25) is 0 Å². The Morgan fingerprint density at radius 3 is 2.40 bits per heavy atom. The third-order valence-electron chi connectivity index (χ3n) is 5.18. The number of nitrogens with one attached hydrogen (secondary N) is 3. The predicted octanol–water partition coefficient (Wildman–Crippen LogP) is 2.71. The SMILES string of the molecule is CNS(=O)(=O)c1ccc(CCC(=O)NNC(=O)c2cc3c(s2)CCCCCC3)cc1. The van der Waals surface area contributed by atoms with E-state index < -0.39 is 10.0 Å². The lowest BCUT2D eigenvalue weighted by Gasteiger charge is -2.07. The summed E-state index contributed by atoms with van der Waals surface area (Å²) in [6.07, 6.45) is 7.45. The monoisotopic (exact) mass is 449 g/mol. The minimum absolute atomic E-state index is 0.176. The highest BCUT2D eigenvalue weighted by Crippen LogP contribution is 2.28. The van der Waals surface area contributed by atoms with Crippen LogP contribution in [-0.4, -0.2) is 27.3 Å². The first-order chi connectivity index (χ1) is 14.4. The standard InChI is InChI=1S/C21H27N3O4S2/c1-22-30(27,28)17-11-8-15(9-12-17)10-13-20(25)23-24-21(26)19-14-16-6-4-2-3-5-7-18(16)29-19/h8-9,11-12,14,22H,2-7,10,13H2,1H3,(H,23,25)(H,24,26). The molecule has 7 nitrogen and oxygen atoms in total. The highest BCUT2D eigenvalue weighted by Gasteiger charge is 2.16. The fraction of sp³-hybridized carbons (Fsp3) is 0.429. The van der Waals surface area contributed by atoms with Crippen molar-refractivity contribution in [1.29, 1.82) is 0 Å². The van der Waals surface area contributed by atoms with Gasteiger partial charge in [0, 0.05) is 11.3 Å². The molecule has 1 heterocycles. The fourth-order valence-corrected chi connectivity index (χ4v) is 5.30. The molecule has 2 aromatic rings. The summed E-state index contributed by atoms with van der Waals surface area (Å²) < 4.78 is 25.7. The Bertz CT molecular complexity index is 972. The van der Waals surface area contributed by atoms with Crippen LogP contribution in [0.5, 0.6) is 0 Å². The molecular formula is C21H27N3O4S2. The molecule has 3 N–H and O–H groups in total. The zero-order chi connectivity index (χ0) is 21.6. The predicted molar refractivity (Wildman–Crippen MR) is 117 cm³/mol. The number of carbonyl (C=O) groups excluding carboxylic acids is 2. The summed E-state index contributed by atoms with van der Waals surface area (Å²) in [5.41, 5.74) is 7.06. The second kappa shape index (κ2) is 10.2. The van der Waals surface area contributed by atoms with Gasteiger partial charge in [-0.2, -0.15) is 0 Å². The van der Waals surface area contributed by atoms with E-state index in [1.165, 1.54) is 53.8 Å². The van der Waals surface area contributed by atoms with Crippen molar-refractivity contribution < 1.29 is 18.0 Å². The fourth-order valence-electron chi connectivity index (χ4n) is 3.42. The Morgan fingerprint density at radius 1 is 1.00 bits per heavy atom. The summed E-state index contributed by atoms with van der Waals surface area (Å²) >= 11 is 1.52. The maximum Gasteiger partial charge on any atom is 0.279 e. The number of carbonyl (C=O) groups is 2. The summed E-state index contributed by atoms with van der Waals surface area (Å²) in [5.74, 6) is -0.591. The summed E-state index contributed by atoms with van der Waals surface area (Å²) in [6, 6.07) is 8.32. The third-order valence-corrected chi connectivity index (χ3v) is 7.85. The highest BCUT2D eigenvalue weighted by molar-refractivity contribution is 7.89. The molecule has 1 aromatic heterocycles. The average molecular weight is 450 g/mol. The normalized spacial score (nSPS) is 14.3. The van der Waals surface area contributed by atoms with Crippen LogP contribution in [0.1, 0.15) is 57.8 Å². The molecule has 0 saturated carbocycles. The van der Waals surface area contributed by atoms with E-state index in [0.29, 0.717) is 11.3 Å². The summed E-state index contributed by atoms with van der Waals surface area (Å²) in [7, 11) is -2.11. The van der Waals surface area contributed by atoms with E-state index in [2.05, 4.69) is 15.6 Å². The molecule has 30 heavy (non-hydrogen) atoms. The maximum absolute atomic E-state index is 12.4. The molecule has 162 valence electrons. The number of benzene rings is 1. The van der Waals surface area contributed by atoms with Crippen LogP contribution < -0.4 is 15.6 Å². The van der Waals surface area contributed by atoms with Crippen LogP contribution in [0.4, 0.5) is 0 Å². The van der Waals surface area contributed by atoms with Crippen LogP contribution in [-0.2, 0) is 34.1 Å².